The molecule has 2 heterocycles. The van der Waals surface area contributed by atoms with Gasteiger partial charge in [-0.3, -0.25) is 4.99 Å². The Labute approximate surface area is 201 Å². The van der Waals surface area contributed by atoms with E-state index in [1.165, 1.54) is 25.7 Å². The lowest BCUT2D eigenvalue weighted by Crippen LogP contribution is -2.37. The van der Waals surface area contributed by atoms with Crippen LogP contribution >= 0.6 is 24.0 Å². The van der Waals surface area contributed by atoms with E-state index in [1.807, 2.05) is 12.1 Å². The molecule has 1 aromatic carbocycles. The molecule has 1 saturated carbocycles. The van der Waals surface area contributed by atoms with Crippen LogP contribution in [0.1, 0.15) is 55.7 Å². The van der Waals surface area contributed by atoms with Gasteiger partial charge in [-0.1, -0.05) is 12.1 Å². The van der Waals surface area contributed by atoms with E-state index in [-0.39, 0.29) is 30.1 Å². The van der Waals surface area contributed by atoms with Crippen LogP contribution in [0.3, 0.4) is 0 Å². The number of benzene rings is 1. The third-order valence-electron chi connectivity index (χ3n) is 5.89. The Bertz CT molecular complexity index is 879. The van der Waals surface area contributed by atoms with Crippen LogP contribution in [0, 0.1) is 0 Å². The molecule has 2 aliphatic rings. The predicted octanol–water partition coefficient (Wildman–Crippen LogP) is 3.43. The Balaban J connectivity index is 0.00000272. The van der Waals surface area contributed by atoms with Crippen molar-refractivity contribution in [3.8, 4) is 11.5 Å². The van der Waals surface area contributed by atoms with Crippen molar-refractivity contribution >= 4 is 29.9 Å². The average Bonchev–Trinajstić information content (AvgIpc) is 3.44. The van der Waals surface area contributed by atoms with Gasteiger partial charge in [0.25, 0.3) is 0 Å². The second-order valence-electron chi connectivity index (χ2n) is 7.89. The van der Waals surface area contributed by atoms with Crippen molar-refractivity contribution in [3.05, 3.63) is 35.4 Å². The molecular weight excluding hydrogens is 507 g/mol. The van der Waals surface area contributed by atoms with Crippen molar-refractivity contribution in [2.24, 2.45) is 4.99 Å². The lowest BCUT2D eigenvalue weighted by Gasteiger charge is -2.20. The number of aromatic nitrogens is 3. The van der Waals surface area contributed by atoms with Gasteiger partial charge in [0.1, 0.15) is 5.82 Å². The van der Waals surface area contributed by atoms with Crippen LogP contribution in [-0.2, 0) is 26.1 Å². The van der Waals surface area contributed by atoms with Crippen LogP contribution in [0.25, 0.3) is 0 Å². The number of nitrogens with one attached hydrogen (secondary N) is 2. The molecule has 2 aromatic rings. The third-order valence-corrected chi connectivity index (χ3v) is 5.89. The number of hydrogen-bond acceptors (Lipinski definition) is 5. The summed E-state index contributed by atoms with van der Waals surface area (Å²) in [5, 5.41) is 15.4. The number of fused-ring (bicyclic) bond motifs is 1. The summed E-state index contributed by atoms with van der Waals surface area (Å²) in [4.78, 5) is 4.36. The lowest BCUT2D eigenvalue weighted by molar-refractivity contribution is 0.198. The minimum absolute atomic E-state index is 0. The van der Waals surface area contributed by atoms with E-state index in [9.17, 15) is 0 Å². The molecule has 1 aliphatic heterocycles. The molecule has 0 amide bonds. The number of aliphatic imine (C=N–C) groups is 1. The zero-order valence-electron chi connectivity index (χ0n) is 18.4. The maximum Gasteiger partial charge on any atom is 0.191 e. The number of hydrogen-bond donors (Lipinski definition) is 2. The van der Waals surface area contributed by atoms with Crippen molar-refractivity contribution in [2.45, 2.75) is 70.7 Å². The number of aryl methyl sites for hydroxylation is 1. The quantitative estimate of drug-likeness (QED) is 0.318. The van der Waals surface area contributed by atoms with Crippen molar-refractivity contribution in [1.29, 1.82) is 0 Å². The Morgan fingerprint density at radius 3 is 2.71 bits per heavy atom. The van der Waals surface area contributed by atoms with Gasteiger partial charge in [0.05, 0.1) is 19.8 Å². The maximum absolute atomic E-state index is 6.33. The molecule has 2 N–H and O–H groups in total. The molecule has 0 unspecified atom stereocenters. The largest absolute Gasteiger partial charge is 0.493 e. The van der Waals surface area contributed by atoms with Gasteiger partial charge in [-0.05, 0) is 44.6 Å². The van der Waals surface area contributed by atoms with Crippen LogP contribution in [-0.4, -0.2) is 41.0 Å². The maximum atomic E-state index is 6.33. The molecule has 1 aliphatic carbocycles. The number of rotatable bonds is 7. The average molecular weight is 540 g/mol. The van der Waals surface area contributed by atoms with E-state index in [0.29, 0.717) is 13.1 Å². The highest BCUT2D eigenvalue weighted by atomic mass is 127. The van der Waals surface area contributed by atoms with Gasteiger partial charge in [0, 0.05) is 32.1 Å². The van der Waals surface area contributed by atoms with E-state index < -0.39 is 0 Å². The highest BCUT2D eigenvalue weighted by Crippen LogP contribution is 2.34. The first-order chi connectivity index (χ1) is 14.8. The Morgan fingerprint density at radius 2 is 1.94 bits per heavy atom. The molecule has 0 bridgehead atoms. The third kappa shape index (κ3) is 5.81. The lowest BCUT2D eigenvalue weighted by atomic mass is 10.1. The number of ether oxygens (including phenoxy) is 2. The van der Waals surface area contributed by atoms with Crippen molar-refractivity contribution in [3.63, 3.8) is 0 Å². The predicted molar refractivity (Wildman–Crippen MR) is 131 cm³/mol. The number of para-hydroxylation sites is 1. The summed E-state index contributed by atoms with van der Waals surface area (Å²) in [5.41, 5.74) is 1.06. The minimum atomic E-state index is 0. The Hall–Kier alpha value is -2.04. The van der Waals surface area contributed by atoms with Crippen LogP contribution in [0.4, 0.5) is 0 Å². The fourth-order valence-corrected chi connectivity index (χ4v) is 4.23. The fourth-order valence-electron chi connectivity index (χ4n) is 4.23. The van der Waals surface area contributed by atoms with Crippen molar-refractivity contribution in [1.82, 2.24) is 25.4 Å². The summed E-state index contributed by atoms with van der Waals surface area (Å²) in [6, 6.07) is 6.02. The molecule has 0 spiro atoms. The number of methoxy groups -OCH3 is 1. The van der Waals surface area contributed by atoms with E-state index in [0.717, 1.165) is 60.5 Å². The van der Waals surface area contributed by atoms with Crippen LogP contribution < -0.4 is 20.1 Å². The number of halogens is 1. The molecule has 31 heavy (non-hydrogen) atoms. The molecule has 1 fully saturated rings. The standard InChI is InChI=1S/C22H32N6O2.HI/c1-23-22(25-15-20-27-26-19-12-5-6-13-28(19)20)24-14-16-8-7-11-18(29-2)21(16)30-17-9-3-4-10-17;/h7-8,11,17H,3-6,9-10,12-15H2,1-2H3,(H2,23,24,25);1H. The first kappa shape index (κ1) is 23.6. The van der Waals surface area contributed by atoms with E-state index >= 15 is 0 Å². The summed E-state index contributed by atoms with van der Waals surface area (Å²) in [6.07, 6.45) is 8.35. The monoisotopic (exact) mass is 540 g/mol. The fraction of sp³-hybridized carbons (Fsp3) is 0.591. The van der Waals surface area contributed by atoms with Gasteiger partial charge >= 0.3 is 0 Å². The van der Waals surface area contributed by atoms with E-state index in [1.54, 1.807) is 14.2 Å². The molecule has 8 nitrogen and oxygen atoms in total. The highest BCUT2D eigenvalue weighted by Gasteiger charge is 2.21. The van der Waals surface area contributed by atoms with E-state index in [2.05, 4.69) is 36.5 Å². The molecular formula is C22H33IN6O2. The van der Waals surface area contributed by atoms with E-state index in [4.69, 9.17) is 9.47 Å². The zero-order chi connectivity index (χ0) is 20.8. The van der Waals surface area contributed by atoms with Crippen molar-refractivity contribution < 1.29 is 9.47 Å². The molecule has 170 valence electrons. The van der Waals surface area contributed by atoms with Crippen LogP contribution in [0.15, 0.2) is 23.2 Å². The molecule has 1 aromatic heterocycles. The highest BCUT2D eigenvalue weighted by molar-refractivity contribution is 14.0. The molecule has 0 atom stereocenters. The summed E-state index contributed by atoms with van der Waals surface area (Å²) >= 11 is 0. The topological polar surface area (TPSA) is 85.6 Å². The normalized spacial score (nSPS) is 16.4. The number of guanidine groups is 1. The Kier molecular flexibility index (Phi) is 8.79. The summed E-state index contributed by atoms with van der Waals surface area (Å²) in [7, 11) is 3.46. The zero-order valence-corrected chi connectivity index (χ0v) is 20.7. The van der Waals surface area contributed by atoms with Crippen LogP contribution in [0.5, 0.6) is 11.5 Å². The SMILES string of the molecule is CN=C(NCc1cccc(OC)c1OC1CCCC1)NCc1nnc2n1CCCC2.I. The summed E-state index contributed by atoms with van der Waals surface area (Å²) < 4.78 is 14.1. The molecule has 0 radical (unpaired) electrons. The minimum Gasteiger partial charge on any atom is -0.493 e. The van der Waals surface area contributed by atoms with Gasteiger partial charge in [-0.2, -0.15) is 0 Å². The second kappa shape index (κ2) is 11.5. The summed E-state index contributed by atoms with van der Waals surface area (Å²) in [6.45, 7) is 2.18. The van der Waals surface area contributed by atoms with Gasteiger partial charge in [-0.15, -0.1) is 34.2 Å². The first-order valence-corrected chi connectivity index (χ1v) is 11.0. The van der Waals surface area contributed by atoms with Crippen molar-refractivity contribution in [2.75, 3.05) is 14.2 Å². The molecule has 0 saturated heterocycles. The smallest absolute Gasteiger partial charge is 0.191 e. The van der Waals surface area contributed by atoms with Gasteiger partial charge in [0.15, 0.2) is 23.3 Å². The first-order valence-electron chi connectivity index (χ1n) is 11.0. The Morgan fingerprint density at radius 1 is 1.13 bits per heavy atom. The summed E-state index contributed by atoms with van der Waals surface area (Å²) in [5.74, 6) is 4.38. The molecule has 4 rings (SSSR count). The second-order valence-corrected chi connectivity index (χ2v) is 7.89. The number of nitrogens with zero attached hydrogens (tertiary/aromatic N) is 4. The van der Waals surface area contributed by atoms with Gasteiger partial charge < -0.3 is 24.7 Å². The van der Waals surface area contributed by atoms with Gasteiger partial charge in [-0.25, -0.2) is 0 Å². The van der Waals surface area contributed by atoms with Crippen LogP contribution in [0.2, 0.25) is 0 Å². The van der Waals surface area contributed by atoms with Gasteiger partial charge in [0.2, 0.25) is 0 Å². The molecule has 9 heteroatoms.